The molecule has 0 saturated heterocycles. The average molecular weight is 439 g/mol. The number of carbonyl (C=O) groups excluding carboxylic acids is 1. The third-order valence-electron chi connectivity index (χ3n) is 5.02. The van der Waals surface area contributed by atoms with Crippen molar-refractivity contribution in [2.75, 3.05) is 12.3 Å². The van der Waals surface area contributed by atoms with Crippen LogP contribution in [-0.4, -0.2) is 33.3 Å². The number of pyridine rings is 1. The van der Waals surface area contributed by atoms with E-state index < -0.39 is 0 Å². The normalized spacial score (nSPS) is 13.6. The fourth-order valence-electron chi connectivity index (χ4n) is 3.40. The summed E-state index contributed by atoms with van der Waals surface area (Å²) < 4.78 is 18.5. The largest absolute Gasteiger partial charge is 0.355 e. The van der Waals surface area contributed by atoms with Gasteiger partial charge in [-0.3, -0.25) is 4.79 Å². The molecule has 1 aliphatic rings. The molecule has 0 fully saturated rings. The standard InChI is InChI=1S/C23H23FN4O2S/c24-18-10-8-17(9-11-18)21-27-22(30-28-21)19-7-4-13-26-23(19)31-15-20(29)25-14-12-16-5-2-1-3-6-16/h4-5,7-11,13H,1-3,6,12,14-15H2,(H,25,29). The molecule has 2 aromatic heterocycles. The first-order valence-corrected chi connectivity index (χ1v) is 11.3. The molecular weight excluding hydrogens is 415 g/mol. The molecule has 1 N–H and O–H groups in total. The molecular formula is C23H23FN4O2S. The molecule has 0 radical (unpaired) electrons. The predicted octanol–water partition coefficient (Wildman–Crippen LogP) is 5.04. The highest BCUT2D eigenvalue weighted by molar-refractivity contribution is 8.00. The minimum atomic E-state index is -0.327. The summed E-state index contributed by atoms with van der Waals surface area (Å²) in [6.07, 6.45) is 9.69. The van der Waals surface area contributed by atoms with Gasteiger partial charge in [-0.25, -0.2) is 9.37 Å². The van der Waals surface area contributed by atoms with Gasteiger partial charge in [0.25, 0.3) is 5.89 Å². The fraction of sp³-hybridized carbons (Fsp3) is 0.304. The Bertz CT molecular complexity index is 1070. The number of hydrogen-bond acceptors (Lipinski definition) is 6. The average Bonchev–Trinajstić information content (AvgIpc) is 3.29. The zero-order valence-electron chi connectivity index (χ0n) is 17.0. The van der Waals surface area contributed by atoms with Gasteiger partial charge in [-0.2, -0.15) is 4.98 Å². The van der Waals surface area contributed by atoms with Crippen LogP contribution >= 0.6 is 11.8 Å². The minimum absolute atomic E-state index is 0.0319. The van der Waals surface area contributed by atoms with Crippen LogP contribution in [-0.2, 0) is 4.79 Å². The summed E-state index contributed by atoms with van der Waals surface area (Å²) in [4.78, 5) is 21.0. The van der Waals surface area contributed by atoms with Crippen LogP contribution in [0.1, 0.15) is 32.1 Å². The van der Waals surface area contributed by atoms with Gasteiger partial charge in [0.1, 0.15) is 10.8 Å². The van der Waals surface area contributed by atoms with E-state index in [2.05, 4.69) is 26.5 Å². The minimum Gasteiger partial charge on any atom is -0.355 e. The van der Waals surface area contributed by atoms with E-state index >= 15 is 0 Å². The monoisotopic (exact) mass is 438 g/mol. The number of thioether (sulfide) groups is 1. The molecule has 6 nitrogen and oxygen atoms in total. The number of allylic oxidation sites excluding steroid dienone is 1. The number of nitrogens with one attached hydrogen (secondary N) is 1. The summed E-state index contributed by atoms with van der Waals surface area (Å²) >= 11 is 1.33. The van der Waals surface area contributed by atoms with Gasteiger partial charge in [-0.1, -0.05) is 28.6 Å². The third kappa shape index (κ3) is 5.79. The Labute approximate surface area is 184 Å². The molecule has 0 atom stereocenters. The van der Waals surface area contributed by atoms with Crippen molar-refractivity contribution in [3.05, 3.63) is 60.1 Å². The van der Waals surface area contributed by atoms with Crippen molar-refractivity contribution in [1.29, 1.82) is 0 Å². The number of rotatable bonds is 8. The molecule has 1 aliphatic carbocycles. The van der Waals surface area contributed by atoms with Crippen LogP contribution in [0.4, 0.5) is 4.39 Å². The number of benzene rings is 1. The van der Waals surface area contributed by atoms with E-state index in [1.54, 1.807) is 24.4 Å². The summed E-state index contributed by atoms with van der Waals surface area (Å²) in [5, 5.41) is 7.60. The Hall–Kier alpha value is -3.00. The SMILES string of the molecule is O=C(CSc1ncccc1-c1nc(-c2ccc(F)cc2)no1)NCCC1=CCCCC1. The zero-order valence-corrected chi connectivity index (χ0v) is 17.8. The number of amides is 1. The lowest BCUT2D eigenvalue weighted by Crippen LogP contribution is -2.26. The summed E-state index contributed by atoms with van der Waals surface area (Å²) in [5.41, 5.74) is 2.76. The van der Waals surface area contributed by atoms with Crippen molar-refractivity contribution in [3.8, 4) is 22.8 Å². The van der Waals surface area contributed by atoms with Crippen LogP contribution < -0.4 is 5.32 Å². The first-order valence-electron chi connectivity index (χ1n) is 10.3. The van der Waals surface area contributed by atoms with Crippen molar-refractivity contribution in [2.24, 2.45) is 0 Å². The molecule has 1 amide bonds. The highest BCUT2D eigenvalue weighted by Gasteiger charge is 2.16. The Balaban J connectivity index is 1.36. The number of nitrogens with zero attached hydrogens (tertiary/aromatic N) is 3. The van der Waals surface area contributed by atoms with Crippen LogP contribution in [0.3, 0.4) is 0 Å². The smallest absolute Gasteiger partial charge is 0.260 e. The lowest BCUT2D eigenvalue weighted by Gasteiger charge is -2.13. The van der Waals surface area contributed by atoms with Crippen molar-refractivity contribution >= 4 is 17.7 Å². The maximum atomic E-state index is 13.1. The second kappa shape index (κ2) is 10.3. The molecule has 3 aromatic rings. The number of aromatic nitrogens is 3. The number of hydrogen-bond donors (Lipinski definition) is 1. The van der Waals surface area contributed by atoms with E-state index in [0.29, 0.717) is 34.4 Å². The Kier molecular flexibility index (Phi) is 7.09. The zero-order chi connectivity index (χ0) is 21.5. The van der Waals surface area contributed by atoms with Crippen LogP contribution in [0, 0.1) is 5.82 Å². The lowest BCUT2D eigenvalue weighted by molar-refractivity contribution is -0.118. The van der Waals surface area contributed by atoms with Gasteiger partial charge in [0, 0.05) is 18.3 Å². The molecule has 31 heavy (non-hydrogen) atoms. The molecule has 0 bridgehead atoms. The summed E-state index contributed by atoms with van der Waals surface area (Å²) in [5.74, 6) is 0.564. The molecule has 0 saturated carbocycles. The molecule has 2 heterocycles. The third-order valence-corrected chi connectivity index (χ3v) is 6.03. The van der Waals surface area contributed by atoms with E-state index in [0.717, 1.165) is 19.3 Å². The molecule has 0 aliphatic heterocycles. The van der Waals surface area contributed by atoms with Gasteiger partial charge >= 0.3 is 0 Å². The second-order valence-corrected chi connectivity index (χ2v) is 8.25. The molecule has 4 rings (SSSR count). The van der Waals surface area contributed by atoms with E-state index in [9.17, 15) is 9.18 Å². The highest BCUT2D eigenvalue weighted by atomic mass is 32.2. The van der Waals surface area contributed by atoms with E-state index in [-0.39, 0.29) is 17.5 Å². The van der Waals surface area contributed by atoms with Crippen LogP contribution in [0.15, 0.2) is 63.8 Å². The Morgan fingerprint density at radius 3 is 2.87 bits per heavy atom. The van der Waals surface area contributed by atoms with E-state index in [1.807, 2.05) is 6.07 Å². The summed E-state index contributed by atoms with van der Waals surface area (Å²) in [7, 11) is 0. The number of carbonyl (C=O) groups is 1. The first kappa shape index (κ1) is 21.2. The highest BCUT2D eigenvalue weighted by Crippen LogP contribution is 2.30. The van der Waals surface area contributed by atoms with Crippen molar-refractivity contribution in [1.82, 2.24) is 20.4 Å². The maximum absolute atomic E-state index is 13.1. The Morgan fingerprint density at radius 1 is 1.19 bits per heavy atom. The van der Waals surface area contributed by atoms with Crippen molar-refractivity contribution in [3.63, 3.8) is 0 Å². The van der Waals surface area contributed by atoms with Gasteiger partial charge in [-0.05, 0) is 68.5 Å². The molecule has 8 heteroatoms. The van der Waals surface area contributed by atoms with Gasteiger partial charge in [-0.15, -0.1) is 0 Å². The second-order valence-electron chi connectivity index (χ2n) is 7.28. The van der Waals surface area contributed by atoms with Gasteiger partial charge < -0.3 is 9.84 Å². The van der Waals surface area contributed by atoms with Crippen LogP contribution in [0.5, 0.6) is 0 Å². The predicted molar refractivity (Wildman–Crippen MR) is 118 cm³/mol. The van der Waals surface area contributed by atoms with Gasteiger partial charge in [0.05, 0.1) is 11.3 Å². The van der Waals surface area contributed by atoms with Crippen molar-refractivity contribution < 1.29 is 13.7 Å². The number of halogens is 1. The van der Waals surface area contributed by atoms with Crippen LogP contribution in [0.2, 0.25) is 0 Å². The lowest BCUT2D eigenvalue weighted by atomic mass is 9.97. The fourth-order valence-corrected chi connectivity index (χ4v) is 4.21. The quantitative estimate of drug-likeness (QED) is 0.392. The summed E-state index contributed by atoms with van der Waals surface area (Å²) in [6, 6.07) is 9.48. The van der Waals surface area contributed by atoms with E-state index in [4.69, 9.17) is 4.52 Å². The van der Waals surface area contributed by atoms with Gasteiger partial charge in [0.15, 0.2) is 0 Å². The molecule has 0 unspecified atom stereocenters. The summed E-state index contributed by atoms with van der Waals surface area (Å²) in [6.45, 7) is 0.658. The first-order chi connectivity index (χ1) is 15.2. The molecule has 160 valence electrons. The Morgan fingerprint density at radius 2 is 2.06 bits per heavy atom. The van der Waals surface area contributed by atoms with Crippen LogP contribution in [0.25, 0.3) is 22.8 Å². The maximum Gasteiger partial charge on any atom is 0.260 e. The molecule has 1 aromatic carbocycles. The van der Waals surface area contributed by atoms with E-state index in [1.165, 1.54) is 42.3 Å². The molecule has 0 spiro atoms. The van der Waals surface area contributed by atoms with Gasteiger partial charge in [0.2, 0.25) is 11.7 Å². The van der Waals surface area contributed by atoms with Crippen molar-refractivity contribution in [2.45, 2.75) is 37.1 Å². The topological polar surface area (TPSA) is 80.9 Å².